The lowest BCUT2D eigenvalue weighted by atomic mass is 10.3. The van der Waals surface area contributed by atoms with Gasteiger partial charge in [0.15, 0.2) is 0 Å². The number of hydrogen-bond donors (Lipinski definition) is 1. The van der Waals surface area contributed by atoms with E-state index in [9.17, 15) is 14.0 Å². The maximum Gasteiger partial charge on any atom is 0.369 e. The number of nitrogens with zero attached hydrogens (tertiary/aromatic N) is 4. The molecule has 3 rings (SSSR count). The smallest absolute Gasteiger partial charge is 0.324 e. The fourth-order valence-corrected chi connectivity index (χ4v) is 2.45. The Morgan fingerprint density at radius 1 is 1.12 bits per heavy atom. The first kappa shape index (κ1) is 17.1. The van der Waals surface area contributed by atoms with Crippen LogP contribution in [0.3, 0.4) is 0 Å². The van der Waals surface area contributed by atoms with E-state index in [4.69, 9.17) is 23.2 Å². The number of amides is 1. The van der Waals surface area contributed by atoms with Gasteiger partial charge in [0.05, 0.1) is 15.7 Å². The third kappa shape index (κ3) is 3.70. The van der Waals surface area contributed by atoms with Crippen molar-refractivity contribution in [3.63, 3.8) is 0 Å². The number of para-hydroxylation sites is 1. The van der Waals surface area contributed by atoms with Gasteiger partial charge in [-0.2, -0.15) is 9.36 Å². The molecule has 2 aromatic carbocycles. The number of carbonyl (C=O) groups excluding carboxylic acids is 1. The number of carbonyl (C=O) groups is 1. The summed E-state index contributed by atoms with van der Waals surface area (Å²) in [5, 5.41) is 10.1. The Labute approximate surface area is 150 Å². The van der Waals surface area contributed by atoms with E-state index in [1.165, 1.54) is 12.1 Å². The quantitative estimate of drug-likeness (QED) is 0.752. The van der Waals surface area contributed by atoms with Crippen LogP contribution in [0.15, 0.2) is 47.3 Å². The zero-order chi connectivity index (χ0) is 18.0. The summed E-state index contributed by atoms with van der Waals surface area (Å²) < 4.78 is 15.0. The SMILES string of the molecule is O=C(Cn1nnn(-c2ccccc2Cl)c1=O)Nc1ccc(F)c(Cl)c1. The molecule has 1 heterocycles. The van der Waals surface area contributed by atoms with E-state index in [0.29, 0.717) is 16.4 Å². The Hall–Kier alpha value is -2.71. The lowest BCUT2D eigenvalue weighted by Gasteiger charge is -2.05. The van der Waals surface area contributed by atoms with Gasteiger partial charge in [-0.25, -0.2) is 9.18 Å². The van der Waals surface area contributed by atoms with Crippen molar-refractivity contribution < 1.29 is 9.18 Å². The third-order valence-electron chi connectivity index (χ3n) is 3.22. The summed E-state index contributed by atoms with van der Waals surface area (Å²) in [7, 11) is 0. The monoisotopic (exact) mass is 381 g/mol. The number of hydrogen-bond acceptors (Lipinski definition) is 4. The van der Waals surface area contributed by atoms with Crippen LogP contribution in [0.5, 0.6) is 0 Å². The Morgan fingerprint density at radius 3 is 2.60 bits per heavy atom. The molecule has 128 valence electrons. The number of anilines is 1. The molecule has 1 aromatic heterocycles. The number of benzene rings is 2. The molecule has 0 atom stereocenters. The van der Waals surface area contributed by atoms with Crippen LogP contribution >= 0.6 is 23.2 Å². The van der Waals surface area contributed by atoms with Crippen molar-refractivity contribution in [2.75, 3.05) is 5.32 Å². The summed E-state index contributed by atoms with van der Waals surface area (Å²) in [5.41, 5.74) is 0.0227. The number of tetrazole rings is 1. The van der Waals surface area contributed by atoms with Crippen molar-refractivity contribution in [1.29, 1.82) is 0 Å². The second-order valence-electron chi connectivity index (χ2n) is 4.96. The molecular weight excluding hydrogens is 372 g/mol. The van der Waals surface area contributed by atoms with Gasteiger partial charge in [0.25, 0.3) is 0 Å². The Bertz CT molecular complexity index is 1000. The minimum atomic E-state index is -0.625. The van der Waals surface area contributed by atoms with Gasteiger partial charge in [0.2, 0.25) is 5.91 Å². The lowest BCUT2D eigenvalue weighted by Crippen LogP contribution is -2.29. The van der Waals surface area contributed by atoms with Gasteiger partial charge >= 0.3 is 5.69 Å². The van der Waals surface area contributed by atoms with Crippen molar-refractivity contribution in [3.05, 3.63) is 68.8 Å². The van der Waals surface area contributed by atoms with Gasteiger partial charge in [0.1, 0.15) is 12.4 Å². The Balaban J connectivity index is 1.77. The summed E-state index contributed by atoms with van der Waals surface area (Å²) in [6, 6.07) is 10.3. The molecule has 0 aliphatic carbocycles. The molecule has 1 amide bonds. The van der Waals surface area contributed by atoms with Crippen LogP contribution in [0.1, 0.15) is 0 Å². The molecule has 7 nitrogen and oxygen atoms in total. The van der Waals surface area contributed by atoms with Crippen LogP contribution in [0.4, 0.5) is 10.1 Å². The van der Waals surface area contributed by atoms with Crippen LogP contribution in [0.25, 0.3) is 5.69 Å². The molecular formula is C15H10Cl2FN5O2. The van der Waals surface area contributed by atoms with E-state index < -0.39 is 17.4 Å². The van der Waals surface area contributed by atoms with E-state index in [-0.39, 0.29) is 11.6 Å². The molecule has 0 bridgehead atoms. The van der Waals surface area contributed by atoms with Crippen LogP contribution in [-0.4, -0.2) is 25.7 Å². The number of halogens is 3. The zero-order valence-electron chi connectivity index (χ0n) is 12.5. The van der Waals surface area contributed by atoms with E-state index in [0.717, 1.165) is 15.4 Å². The predicted octanol–water partition coefficient (Wildman–Crippen LogP) is 2.51. The first-order chi connectivity index (χ1) is 12.0. The summed E-state index contributed by atoms with van der Waals surface area (Å²) >= 11 is 11.7. The van der Waals surface area contributed by atoms with Gasteiger partial charge in [-0.05, 0) is 40.8 Å². The van der Waals surface area contributed by atoms with Crippen LogP contribution in [0.2, 0.25) is 10.0 Å². The topological polar surface area (TPSA) is 81.8 Å². The van der Waals surface area contributed by atoms with Crippen molar-refractivity contribution in [2.45, 2.75) is 6.54 Å². The fourth-order valence-electron chi connectivity index (χ4n) is 2.06. The molecule has 0 fully saturated rings. The van der Waals surface area contributed by atoms with E-state index in [2.05, 4.69) is 15.7 Å². The van der Waals surface area contributed by atoms with E-state index in [1.807, 2.05) is 0 Å². The molecule has 0 radical (unpaired) electrons. The normalized spacial score (nSPS) is 10.7. The average Bonchev–Trinajstić information content (AvgIpc) is 2.92. The van der Waals surface area contributed by atoms with Gasteiger partial charge in [0, 0.05) is 5.69 Å². The second-order valence-corrected chi connectivity index (χ2v) is 5.77. The van der Waals surface area contributed by atoms with Crippen LogP contribution in [-0.2, 0) is 11.3 Å². The van der Waals surface area contributed by atoms with Gasteiger partial charge in [-0.1, -0.05) is 35.3 Å². The standard InChI is InChI=1S/C15H10Cl2FN5O2/c16-10-3-1-2-4-13(10)23-15(25)22(20-21-23)8-14(24)19-9-5-6-12(18)11(17)7-9/h1-7H,8H2,(H,19,24). The van der Waals surface area contributed by atoms with Crippen LogP contribution in [0, 0.1) is 5.82 Å². The highest BCUT2D eigenvalue weighted by atomic mass is 35.5. The molecule has 0 saturated carbocycles. The molecule has 0 aliphatic rings. The molecule has 0 saturated heterocycles. The third-order valence-corrected chi connectivity index (χ3v) is 3.83. The Kier molecular flexibility index (Phi) is 4.82. The van der Waals surface area contributed by atoms with Gasteiger partial charge in [-0.3, -0.25) is 4.79 Å². The maximum atomic E-state index is 13.1. The Morgan fingerprint density at radius 2 is 1.88 bits per heavy atom. The van der Waals surface area contributed by atoms with E-state index >= 15 is 0 Å². The van der Waals surface area contributed by atoms with Crippen LogP contribution < -0.4 is 11.0 Å². The minimum Gasteiger partial charge on any atom is -0.324 e. The van der Waals surface area contributed by atoms with Crippen molar-refractivity contribution >= 4 is 34.8 Å². The maximum absolute atomic E-state index is 13.1. The first-order valence-electron chi connectivity index (χ1n) is 6.98. The predicted molar refractivity (Wildman–Crippen MR) is 90.7 cm³/mol. The highest BCUT2D eigenvalue weighted by Gasteiger charge is 2.14. The molecule has 0 unspecified atom stereocenters. The number of rotatable bonds is 4. The fraction of sp³-hybridized carbons (Fsp3) is 0.0667. The number of aromatic nitrogens is 4. The summed E-state index contributed by atoms with van der Waals surface area (Å²) in [5.74, 6) is -1.14. The summed E-state index contributed by atoms with van der Waals surface area (Å²) in [6.45, 7) is -0.377. The molecule has 10 heteroatoms. The second kappa shape index (κ2) is 7.04. The molecule has 3 aromatic rings. The number of nitrogens with one attached hydrogen (secondary N) is 1. The largest absolute Gasteiger partial charge is 0.369 e. The highest BCUT2D eigenvalue weighted by molar-refractivity contribution is 6.32. The molecule has 25 heavy (non-hydrogen) atoms. The average molecular weight is 382 g/mol. The minimum absolute atomic E-state index is 0.125. The summed E-state index contributed by atoms with van der Waals surface area (Å²) in [4.78, 5) is 24.3. The molecule has 0 aliphatic heterocycles. The van der Waals surface area contributed by atoms with Gasteiger partial charge < -0.3 is 5.32 Å². The molecule has 0 spiro atoms. The first-order valence-corrected chi connectivity index (χ1v) is 7.74. The summed E-state index contributed by atoms with van der Waals surface area (Å²) in [6.07, 6.45) is 0. The lowest BCUT2D eigenvalue weighted by molar-refractivity contribution is -0.117. The van der Waals surface area contributed by atoms with Crippen molar-refractivity contribution in [3.8, 4) is 5.69 Å². The molecule has 1 N–H and O–H groups in total. The van der Waals surface area contributed by atoms with E-state index in [1.54, 1.807) is 24.3 Å². The van der Waals surface area contributed by atoms with Crippen molar-refractivity contribution in [1.82, 2.24) is 19.8 Å². The zero-order valence-corrected chi connectivity index (χ0v) is 14.0. The van der Waals surface area contributed by atoms with Crippen molar-refractivity contribution in [2.24, 2.45) is 0 Å². The van der Waals surface area contributed by atoms with Gasteiger partial charge in [-0.15, -0.1) is 0 Å². The highest BCUT2D eigenvalue weighted by Crippen LogP contribution is 2.19.